The summed E-state index contributed by atoms with van der Waals surface area (Å²) < 4.78 is 8.68. The van der Waals surface area contributed by atoms with E-state index in [0.29, 0.717) is 0 Å². The van der Waals surface area contributed by atoms with E-state index in [1.807, 2.05) is 23.5 Å². The van der Waals surface area contributed by atoms with Crippen molar-refractivity contribution >= 4 is 70.5 Å². The monoisotopic (exact) mass is 745 g/mol. The number of furan rings is 1. The van der Waals surface area contributed by atoms with Crippen LogP contribution in [0.1, 0.15) is 0 Å². The average Bonchev–Trinajstić information content (AvgIpc) is 3.87. The fourth-order valence-electron chi connectivity index (χ4n) is 8.27. The highest BCUT2D eigenvalue weighted by Gasteiger charge is 2.21. The van der Waals surface area contributed by atoms with Gasteiger partial charge in [-0.05, 0) is 99.1 Å². The van der Waals surface area contributed by atoms with Crippen LogP contribution >= 0.6 is 11.3 Å². The number of hydrogen-bond donors (Lipinski definition) is 0. The SMILES string of the molecule is c1ccc(-c2ccc(-c3ccc(N(c4ccc(-c5ccc6oc7ccccc7c6c5)cc4)c4ccc(-c5ccccc5)c5c4sc4ccccc45)cc3)cc2)cc1. The van der Waals surface area contributed by atoms with Crippen molar-refractivity contribution < 1.29 is 4.42 Å². The van der Waals surface area contributed by atoms with Gasteiger partial charge in [0.2, 0.25) is 0 Å². The number of benzene rings is 9. The molecule has 0 aliphatic heterocycles. The Morgan fingerprint density at radius 3 is 1.51 bits per heavy atom. The maximum Gasteiger partial charge on any atom is 0.135 e. The van der Waals surface area contributed by atoms with E-state index in [0.717, 1.165) is 50.1 Å². The molecule has 0 N–H and O–H groups in total. The van der Waals surface area contributed by atoms with Gasteiger partial charge >= 0.3 is 0 Å². The Labute approximate surface area is 335 Å². The van der Waals surface area contributed by atoms with E-state index in [1.54, 1.807) is 0 Å². The van der Waals surface area contributed by atoms with E-state index < -0.39 is 0 Å². The zero-order valence-electron chi connectivity index (χ0n) is 31.0. The molecule has 2 aromatic heterocycles. The van der Waals surface area contributed by atoms with Crippen LogP contribution in [0, 0.1) is 0 Å². The van der Waals surface area contributed by atoms with Gasteiger partial charge in [-0.2, -0.15) is 0 Å². The van der Waals surface area contributed by atoms with Crippen LogP contribution in [-0.4, -0.2) is 0 Å². The number of thiophene rings is 1. The predicted molar refractivity (Wildman–Crippen MR) is 243 cm³/mol. The summed E-state index contributed by atoms with van der Waals surface area (Å²) in [6.45, 7) is 0. The molecule has 0 unspecified atom stereocenters. The predicted octanol–water partition coefficient (Wildman–Crippen LogP) is 16.1. The normalized spacial score (nSPS) is 11.5. The smallest absolute Gasteiger partial charge is 0.135 e. The van der Waals surface area contributed by atoms with Crippen LogP contribution in [0.4, 0.5) is 17.1 Å². The molecule has 11 aromatic rings. The lowest BCUT2D eigenvalue weighted by atomic mass is 9.97. The van der Waals surface area contributed by atoms with E-state index >= 15 is 0 Å². The van der Waals surface area contributed by atoms with Crippen molar-refractivity contribution in [1.29, 1.82) is 0 Å². The number of fused-ring (bicyclic) bond motifs is 6. The van der Waals surface area contributed by atoms with E-state index in [-0.39, 0.29) is 0 Å². The minimum Gasteiger partial charge on any atom is -0.456 e. The van der Waals surface area contributed by atoms with Crippen LogP contribution in [0.5, 0.6) is 0 Å². The van der Waals surface area contributed by atoms with Gasteiger partial charge in [-0.3, -0.25) is 0 Å². The molecule has 0 fully saturated rings. The highest BCUT2D eigenvalue weighted by molar-refractivity contribution is 7.26. The Morgan fingerprint density at radius 1 is 0.351 bits per heavy atom. The molecule has 2 heterocycles. The third-order valence-electron chi connectivity index (χ3n) is 11.1. The summed E-state index contributed by atoms with van der Waals surface area (Å²) in [6.07, 6.45) is 0. The van der Waals surface area contributed by atoms with Crippen molar-refractivity contribution in [3.63, 3.8) is 0 Å². The number of rotatable bonds is 7. The van der Waals surface area contributed by atoms with Gasteiger partial charge in [0.1, 0.15) is 11.2 Å². The molecular formula is C54H35NOS. The highest BCUT2D eigenvalue weighted by Crippen LogP contribution is 2.48. The quantitative estimate of drug-likeness (QED) is 0.162. The Hall–Kier alpha value is -7.20. The lowest BCUT2D eigenvalue weighted by Crippen LogP contribution is -2.10. The van der Waals surface area contributed by atoms with E-state index in [1.165, 1.54) is 53.6 Å². The molecule has 2 nitrogen and oxygen atoms in total. The van der Waals surface area contributed by atoms with Crippen LogP contribution < -0.4 is 4.90 Å². The van der Waals surface area contributed by atoms with Crippen molar-refractivity contribution in [2.45, 2.75) is 0 Å². The van der Waals surface area contributed by atoms with Crippen molar-refractivity contribution in [1.82, 2.24) is 0 Å². The minimum atomic E-state index is 0.907. The first-order valence-corrected chi connectivity index (χ1v) is 20.1. The Bertz CT molecular complexity index is 3200. The molecular weight excluding hydrogens is 711 g/mol. The maximum absolute atomic E-state index is 6.14. The lowest BCUT2D eigenvalue weighted by Gasteiger charge is -2.27. The zero-order chi connectivity index (χ0) is 37.7. The van der Waals surface area contributed by atoms with Gasteiger partial charge in [-0.15, -0.1) is 11.3 Å². The highest BCUT2D eigenvalue weighted by atomic mass is 32.1. The molecule has 0 aliphatic carbocycles. The third-order valence-corrected chi connectivity index (χ3v) is 12.3. The van der Waals surface area contributed by atoms with Crippen LogP contribution in [0.25, 0.3) is 86.6 Å². The second kappa shape index (κ2) is 13.8. The summed E-state index contributed by atoms with van der Waals surface area (Å²) >= 11 is 1.87. The van der Waals surface area contributed by atoms with Crippen LogP contribution in [0.3, 0.4) is 0 Å². The molecule has 0 aliphatic rings. The van der Waals surface area contributed by atoms with Gasteiger partial charge in [-0.25, -0.2) is 0 Å². The Balaban J connectivity index is 1.04. The van der Waals surface area contributed by atoms with E-state index in [4.69, 9.17) is 4.42 Å². The lowest BCUT2D eigenvalue weighted by molar-refractivity contribution is 0.669. The molecule has 3 heteroatoms. The maximum atomic E-state index is 6.14. The van der Waals surface area contributed by atoms with Crippen molar-refractivity contribution in [3.05, 3.63) is 212 Å². The summed E-state index contributed by atoms with van der Waals surface area (Å²) in [4.78, 5) is 2.42. The van der Waals surface area contributed by atoms with Crippen molar-refractivity contribution in [2.24, 2.45) is 0 Å². The largest absolute Gasteiger partial charge is 0.456 e. The molecule has 0 amide bonds. The zero-order valence-corrected chi connectivity index (χ0v) is 31.8. The molecule has 0 saturated carbocycles. The molecule has 11 rings (SSSR count). The molecule has 268 valence electrons. The van der Waals surface area contributed by atoms with Crippen LogP contribution in [-0.2, 0) is 0 Å². The summed E-state index contributed by atoms with van der Waals surface area (Å²) in [5.41, 5.74) is 14.8. The standard InChI is InChI=1S/C54H35NOS/c1-3-11-36(12-4-1)37-19-21-38(22-20-37)39-23-28-43(29-24-39)55(44-30-25-40(26-31-44)42-27-34-51-48(35-42)46-15-7-9-17-50(46)56-51)49-33-32-45(41-13-5-2-6-14-41)53-47-16-8-10-18-52(47)57-54(49)53/h1-35H. The summed E-state index contributed by atoms with van der Waals surface area (Å²) in [5.74, 6) is 0. The van der Waals surface area contributed by atoms with Crippen molar-refractivity contribution in [2.75, 3.05) is 4.90 Å². The molecule has 0 atom stereocenters. The van der Waals surface area contributed by atoms with Gasteiger partial charge < -0.3 is 9.32 Å². The first-order valence-electron chi connectivity index (χ1n) is 19.3. The number of para-hydroxylation sites is 1. The molecule has 57 heavy (non-hydrogen) atoms. The number of hydrogen-bond acceptors (Lipinski definition) is 3. The van der Waals surface area contributed by atoms with Gasteiger partial charge in [-0.1, -0.05) is 158 Å². The molecule has 0 radical (unpaired) electrons. The van der Waals surface area contributed by atoms with E-state index in [2.05, 4.69) is 205 Å². The second-order valence-corrected chi connectivity index (χ2v) is 15.5. The molecule has 0 spiro atoms. The molecule has 9 aromatic carbocycles. The minimum absolute atomic E-state index is 0.907. The fraction of sp³-hybridized carbons (Fsp3) is 0. The fourth-order valence-corrected chi connectivity index (χ4v) is 9.51. The summed E-state index contributed by atoms with van der Waals surface area (Å²) in [7, 11) is 0. The Kier molecular flexibility index (Phi) is 8.04. The second-order valence-electron chi connectivity index (χ2n) is 14.5. The molecule has 0 bridgehead atoms. The van der Waals surface area contributed by atoms with Gasteiger partial charge in [0.15, 0.2) is 0 Å². The van der Waals surface area contributed by atoms with Gasteiger partial charge in [0.05, 0.1) is 10.4 Å². The summed E-state index contributed by atoms with van der Waals surface area (Å²) in [6, 6.07) is 76.4. The van der Waals surface area contributed by atoms with Crippen molar-refractivity contribution in [3.8, 4) is 44.5 Å². The Morgan fingerprint density at radius 2 is 0.842 bits per heavy atom. The van der Waals surface area contributed by atoms with Crippen LogP contribution in [0.2, 0.25) is 0 Å². The van der Waals surface area contributed by atoms with E-state index in [9.17, 15) is 0 Å². The number of anilines is 3. The van der Waals surface area contributed by atoms with Crippen LogP contribution in [0.15, 0.2) is 217 Å². The molecule has 0 saturated heterocycles. The third kappa shape index (κ3) is 5.88. The first-order chi connectivity index (χ1) is 28.2. The summed E-state index contributed by atoms with van der Waals surface area (Å²) in [5, 5.41) is 4.84. The van der Waals surface area contributed by atoms with Gasteiger partial charge in [0, 0.05) is 37.6 Å². The first kappa shape index (κ1) is 33.2. The topological polar surface area (TPSA) is 16.4 Å². The van der Waals surface area contributed by atoms with Gasteiger partial charge in [0.25, 0.3) is 0 Å². The number of nitrogens with zero attached hydrogens (tertiary/aromatic N) is 1. The average molecular weight is 746 g/mol.